The molecule has 0 spiro atoms. The summed E-state index contributed by atoms with van der Waals surface area (Å²) in [7, 11) is 0. The Morgan fingerprint density at radius 1 is 1.12 bits per heavy atom. The third-order valence-corrected chi connectivity index (χ3v) is 7.17. The molecular formula is C25H22ClFN4S. The van der Waals surface area contributed by atoms with E-state index in [4.69, 9.17) is 16.6 Å². The van der Waals surface area contributed by atoms with Crippen LogP contribution in [0.1, 0.15) is 47.1 Å². The van der Waals surface area contributed by atoms with Gasteiger partial charge in [-0.15, -0.1) is 0 Å². The summed E-state index contributed by atoms with van der Waals surface area (Å²) in [5.41, 5.74) is 5.50. The van der Waals surface area contributed by atoms with Gasteiger partial charge in [-0.05, 0) is 73.7 Å². The molecule has 32 heavy (non-hydrogen) atoms. The quantitative estimate of drug-likeness (QED) is 0.315. The maximum atomic E-state index is 13.7. The Kier molecular flexibility index (Phi) is 5.98. The number of halogens is 2. The van der Waals surface area contributed by atoms with Gasteiger partial charge in [0.05, 0.1) is 17.1 Å². The standard InChI is InChI=1S/C25H22ClFN4S/c1-16-14-17(6-11-21(16)26)20-4-2-5-22-24(20)31(19-9-7-18(27)8-10-19)25(30-22)32-15-23-28-12-3-13-29-23/h3,6-14,20H,2,4-5,15H2,1H3. The molecule has 5 rings (SSSR count). The van der Waals surface area contributed by atoms with Crippen molar-refractivity contribution in [1.82, 2.24) is 19.5 Å². The molecule has 1 unspecified atom stereocenters. The van der Waals surface area contributed by atoms with Crippen LogP contribution in [0.25, 0.3) is 5.69 Å². The van der Waals surface area contributed by atoms with E-state index in [1.165, 1.54) is 23.4 Å². The van der Waals surface area contributed by atoms with Crippen molar-refractivity contribution in [3.63, 3.8) is 0 Å². The molecule has 4 aromatic rings. The molecule has 0 radical (unpaired) electrons. The summed E-state index contributed by atoms with van der Waals surface area (Å²) in [5.74, 6) is 1.32. The van der Waals surface area contributed by atoms with Crippen molar-refractivity contribution in [2.24, 2.45) is 0 Å². The zero-order valence-electron chi connectivity index (χ0n) is 17.6. The van der Waals surface area contributed by atoms with Gasteiger partial charge < -0.3 is 0 Å². The number of aromatic nitrogens is 4. The number of nitrogens with zero attached hydrogens (tertiary/aromatic N) is 4. The number of aryl methyl sites for hydroxylation is 2. The van der Waals surface area contributed by atoms with Gasteiger partial charge >= 0.3 is 0 Å². The molecule has 0 amide bonds. The zero-order chi connectivity index (χ0) is 22.1. The van der Waals surface area contributed by atoms with Crippen LogP contribution in [0.4, 0.5) is 4.39 Å². The smallest absolute Gasteiger partial charge is 0.173 e. The van der Waals surface area contributed by atoms with Gasteiger partial charge in [0.15, 0.2) is 5.16 Å². The first-order valence-electron chi connectivity index (χ1n) is 10.6. The van der Waals surface area contributed by atoms with E-state index in [1.807, 2.05) is 31.2 Å². The molecule has 0 N–H and O–H groups in total. The summed E-state index contributed by atoms with van der Waals surface area (Å²) in [6.45, 7) is 2.04. The molecule has 0 saturated carbocycles. The Balaban J connectivity index is 1.61. The van der Waals surface area contributed by atoms with Crippen LogP contribution in [0.3, 0.4) is 0 Å². The van der Waals surface area contributed by atoms with Crippen molar-refractivity contribution in [2.75, 3.05) is 0 Å². The molecule has 0 aliphatic heterocycles. The fourth-order valence-corrected chi connectivity index (χ4v) is 5.32. The van der Waals surface area contributed by atoms with Crippen LogP contribution < -0.4 is 0 Å². The lowest BCUT2D eigenvalue weighted by atomic mass is 9.83. The average molecular weight is 465 g/mol. The number of fused-ring (bicyclic) bond motifs is 1. The molecule has 2 heterocycles. The normalized spacial score (nSPS) is 15.5. The molecule has 1 atom stereocenters. The number of hydrogen-bond donors (Lipinski definition) is 0. The predicted octanol–water partition coefficient (Wildman–Crippen LogP) is 6.52. The number of benzene rings is 2. The summed E-state index contributed by atoms with van der Waals surface area (Å²) in [4.78, 5) is 13.7. The topological polar surface area (TPSA) is 43.6 Å². The van der Waals surface area contributed by atoms with Crippen LogP contribution >= 0.6 is 23.4 Å². The van der Waals surface area contributed by atoms with E-state index < -0.39 is 0 Å². The highest BCUT2D eigenvalue weighted by molar-refractivity contribution is 7.98. The fraction of sp³-hybridized carbons (Fsp3) is 0.240. The van der Waals surface area contributed by atoms with Crippen LogP contribution in [-0.4, -0.2) is 19.5 Å². The third kappa shape index (κ3) is 4.17. The van der Waals surface area contributed by atoms with Gasteiger partial charge in [-0.3, -0.25) is 4.57 Å². The highest BCUT2D eigenvalue weighted by Gasteiger charge is 2.30. The Bertz CT molecular complexity index is 1240. The summed E-state index contributed by atoms with van der Waals surface area (Å²) in [6.07, 6.45) is 6.54. The average Bonchev–Trinajstić information content (AvgIpc) is 3.19. The largest absolute Gasteiger partial charge is 0.291 e. The lowest BCUT2D eigenvalue weighted by molar-refractivity contribution is 0.586. The molecule has 4 nitrogen and oxygen atoms in total. The summed E-state index contributed by atoms with van der Waals surface area (Å²) >= 11 is 7.90. The van der Waals surface area contributed by atoms with E-state index in [2.05, 4.69) is 26.7 Å². The minimum atomic E-state index is -0.250. The van der Waals surface area contributed by atoms with Crippen molar-refractivity contribution in [2.45, 2.75) is 43.0 Å². The monoisotopic (exact) mass is 464 g/mol. The van der Waals surface area contributed by atoms with E-state index in [9.17, 15) is 4.39 Å². The van der Waals surface area contributed by atoms with E-state index in [0.717, 1.165) is 52.2 Å². The van der Waals surface area contributed by atoms with Crippen LogP contribution in [0.2, 0.25) is 5.02 Å². The number of thioether (sulfide) groups is 1. The first-order chi connectivity index (χ1) is 15.6. The molecule has 1 aliphatic rings. The zero-order valence-corrected chi connectivity index (χ0v) is 19.2. The highest BCUT2D eigenvalue weighted by atomic mass is 35.5. The molecular weight excluding hydrogens is 443 g/mol. The maximum Gasteiger partial charge on any atom is 0.173 e. The van der Waals surface area contributed by atoms with Gasteiger partial charge in [0.1, 0.15) is 11.6 Å². The Labute approximate surface area is 195 Å². The second-order valence-corrected chi connectivity index (χ2v) is 9.29. The van der Waals surface area contributed by atoms with Gasteiger partial charge in [0.25, 0.3) is 0 Å². The molecule has 162 valence electrons. The number of rotatable bonds is 5. The highest BCUT2D eigenvalue weighted by Crippen LogP contribution is 2.41. The molecule has 0 saturated heterocycles. The first kappa shape index (κ1) is 21.2. The van der Waals surface area contributed by atoms with Crippen molar-refractivity contribution in [3.05, 3.63) is 100 Å². The molecule has 7 heteroatoms. The molecule has 0 bridgehead atoms. The minimum absolute atomic E-state index is 0.203. The van der Waals surface area contributed by atoms with Gasteiger partial charge in [-0.2, -0.15) is 0 Å². The van der Waals surface area contributed by atoms with E-state index in [1.54, 1.807) is 24.2 Å². The Morgan fingerprint density at radius 3 is 2.66 bits per heavy atom. The van der Waals surface area contributed by atoms with Crippen molar-refractivity contribution < 1.29 is 4.39 Å². The van der Waals surface area contributed by atoms with Gasteiger partial charge in [0, 0.05) is 29.0 Å². The van der Waals surface area contributed by atoms with Crippen molar-refractivity contribution in [3.8, 4) is 5.69 Å². The minimum Gasteiger partial charge on any atom is -0.291 e. The molecule has 1 aliphatic carbocycles. The predicted molar refractivity (Wildman–Crippen MR) is 126 cm³/mol. The number of imidazole rings is 1. The Hall–Kier alpha value is -2.70. The van der Waals surface area contributed by atoms with Gasteiger partial charge in [-0.25, -0.2) is 19.3 Å². The van der Waals surface area contributed by atoms with Gasteiger partial charge in [0.2, 0.25) is 0 Å². The van der Waals surface area contributed by atoms with Crippen molar-refractivity contribution >= 4 is 23.4 Å². The second kappa shape index (κ2) is 9.04. The summed E-state index contributed by atoms with van der Waals surface area (Å²) < 4.78 is 15.9. The molecule has 0 fully saturated rings. The lowest BCUT2D eigenvalue weighted by Crippen LogP contribution is -2.15. The van der Waals surface area contributed by atoms with Crippen LogP contribution in [0, 0.1) is 12.7 Å². The number of hydrogen-bond acceptors (Lipinski definition) is 4. The van der Waals surface area contributed by atoms with E-state index in [0.29, 0.717) is 5.75 Å². The van der Waals surface area contributed by atoms with Crippen LogP contribution in [0.15, 0.2) is 66.1 Å². The summed E-state index contributed by atoms with van der Waals surface area (Å²) in [6, 6.07) is 14.7. The van der Waals surface area contributed by atoms with Crippen LogP contribution in [0.5, 0.6) is 0 Å². The molecule has 2 aromatic carbocycles. The van der Waals surface area contributed by atoms with Crippen LogP contribution in [-0.2, 0) is 12.2 Å². The SMILES string of the molecule is Cc1cc(C2CCCc3nc(SCc4ncccn4)n(-c4ccc(F)cc4)c32)ccc1Cl. The molecule has 2 aromatic heterocycles. The maximum absolute atomic E-state index is 13.7. The van der Waals surface area contributed by atoms with E-state index in [-0.39, 0.29) is 11.7 Å². The summed E-state index contributed by atoms with van der Waals surface area (Å²) in [5, 5.41) is 1.66. The third-order valence-electron chi connectivity index (χ3n) is 5.81. The Morgan fingerprint density at radius 2 is 1.91 bits per heavy atom. The first-order valence-corrected chi connectivity index (χ1v) is 12.0. The second-order valence-electron chi connectivity index (χ2n) is 7.95. The van der Waals surface area contributed by atoms with Crippen molar-refractivity contribution in [1.29, 1.82) is 0 Å². The lowest BCUT2D eigenvalue weighted by Gasteiger charge is -2.25. The van der Waals surface area contributed by atoms with Gasteiger partial charge in [-0.1, -0.05) is 35.5 Å². The van der Waals surface area contributed by atoms with E-state index >= 15 is 0 Å². The fourth-order valence-electron chi connectivity index (χ4n) is 4.29.